The predicted octanol–water partition coefficient (Wildman–Crippen LogP) is 11.8. The van der Waals surface area contributed by atoms with E-state index in [1.165, 1.54) is 54.8 Å². The molecule has 3 atom stereocenters. The highest BCUT2D eigenvalue weighted by atomic mass is 15.8. The van der Waals surface area contributed by atoms with Crippen LogP contribution in [0.3, 0.4) is 0 Å². The van der Waals surface area contributed by atoms with Crippen LogP contribution in [0.1, 0.15) is 24.2 Å². The zero-order valence-electron chi connectivity index (χ0n) is 32.1. The summed E-state index contributed by atoms with van der Waals surface area (Å²) in [5.41, 5.74) is 24.0. The Morgan fingerprint density at radius 1 is 0.614 bits per heavy atom. The number of hydrogen-bond donors (Lipinski definition) is 2. The van der Waals surface area contributed by atoms with Gasteiger partial charge in [-0.3, -0.25) is 9.88 Å². The highest BCUT2D eigenvalue weighted by molar-refractivity contribution is 6.13. The zero-order valence-corrected chi connectivity index (χ0v) is 32.1. The summed E-state index contributed by atoms with van der Waals surface area (Å²) in [7, 11) is 2.21. The molecule has 0 spiro atoms. The second kappa shape index (κ2) is 14.1. The lowest BCUT2D eigenvalue weighted by Crippen LogP contribution is -2.41. The SMILES string of the molecule is C/C(=C\C=C(/N)n1c2ccccc2c2cc(-c3ccc4c(c3)c3ccccc3n4-c3ccccc3)ccc21)C1[N-][N+](C)(Cc2ccccc2)C(c2ccccc2)N1. The molecule has 0 radical (unpaired) electrons. The smallest absolute Gasteiger partial charge is 0.159 e. The fraction of sp³-hybridized carbons (Fsp3) is 0.0980. The Balaban J connectivity index is 1.000. The maximum Gasteiger partial charge on any atom is 0.159 e. The lowest BCUT2D eigenvalue weighted by atomic mass is 10.0. The van der Waals surface area contributed by atoms with E-state index in [4.69, 9.17) is 11.2 Å². The van der Waals surface area contributed by atoms with Crippen molar-refractivity contribution < 1.29 is 4.59 Å². The predicted molar refractivity (Wildman–Crippen MR) is 237 cm³/mol. The summed E-state index contributed by atoms with van der Waals surface area (Å²) in [4.78, 5) is 0. The number of benzene rings is 7. The number of fused-ring (bicyclic) bond motifs is 6. The Morgan fingerprint density at radius 3 is 1.84 bits per heavy atom. The van der Waals surface area contributed by atoms with Crippen molar-refractivity contribution in [3.8, 4) is 16.8 Å². The number of para-hydroxylation sites is 3. The Labute approximate surface area is 333 Å². The van der Waals surface area contributed by atoms with E-state index in [-0.39, 0.29) is 12.3 Å². The molecule has 278 valence electrons. The molecule has 0 aliphatic carbocycles. The lowest BCUT2D eigenvalue weighted by Gasteiger charge is -2.45. The van der Waals surface area contributed by atoms with Gasteiger partial charge in [-0.2, -0.15) is 0 Å². The molecular formula is C51H44N6. The number of nitrogens with two attached hydrogens (primary N) is 1. The third kappa shape index (κ3) is 6.12. The highest BCUT2D eigenvalue weighted by Gasteiger charge is 2.36. The van der Waals surface area contributed by atoms with Crippen LogP contribution < -0.4 is 11.1 Å². The zero-order chi connectivity index (χ0) is 38.5. The van der Waals surface area contributed by atoms with E-state index in [1.54, 1.807) is 0 Å². The number of quaternary nitrogens is 1. The van der Waals surface area contributed by atoms with Crippen LogP contribution in [-0.2, 0) is 6.54 Å². The van der Waals surface area contributed by atoms with Gasteiger partial charge in [0.05, 0.1) is 35.7 Å². The van der Waals surface area contributed by atoms with Crippen LogP contribution >= 0.6 is 0 Å². The van der Waals surface area contributed by atoms with Crippen molar-refractivity contribution in [1.82, 2.24) is 14.5 Å². The number of aromatic nitrogens is 2. The Bertz CT molecular complexity index is 2980. The first-order valence-electron chi connectivity index (χ1n) is 19.6. The van der Waals surface area contributed by atoms with Crippen LogP contribution in [0.2, 0.25) is 0 Å². The molecule has 10 rings (SSSR count). The summed E-state index contributed by atoms with van der Waals surface area (Å²) in [6.07, 6.45) is 3.98. The molecule has 1 aliphatic rings. The lowest BCUT2D eigenvalue weighted by molar-refractivity contribution is -0.910. The molecule has 1 saturated heterocycles. The van der Waals surface area contributed by atoms with E-state index in [0.29, 0.717) is 10.4 Å². The van der Waals surface area contributed by atoms with Gasteiger partial charge in [0.2, 0.25) is 0 Å². The first-order valence-corrected chi connectivity index (χ1v) is 19.6. The van der Waals surface area contributed by atoms with Crippen LogP contribution in [0.25, 0.3) is 71.7 Å². The van der Waals surface area contributed by atoms with Crippen molar-refractivity contribution >= 4 is 49.4 Å². The van der Waals surface area contributed by atoms with Crippen LogP contribution in [0, 0.1) is 0 Å². The number of nitrogens with zero attached hydrogens (tertiary/aromatic N) is 4. The van der Waals surface area contributed by atoms with Crippen LogP contribution in [0.15, 0.2) is 194 Å². The van der Waals surface area contributed by atoms with E-state index in [9.17, 15) is 0 Å². The second-order valence-corrected chi connectivity index (χ2v) is 15.4. The van der Waals surface area contributed by atoms with Crippen molar-refractivity contribution in [2.45, 2.75) is 25.8 Å². The minimum Gasteiger partial charge on any atom is -0.431 e. The minimum atomic E-state index is -0.173. The Hall–Kier alpha value is -6.70. The van der Waals surface area contributed by atoms with Gasteiger partial charge in [0.1, 0.15) is 5.82 Å². The van der Waals surface area contributed by atoms with E-state index in [2.05, 4.69) is 210 Å². The van der Waals surface area contributed by atoms with Gasteiger partial charge in [-0.05, 0) is 78.8 Å². The molecule has 0 saturated carbocycles. The largest absolute Gasteiger partial charge is 0.431 e. The van der Waals surface area contributed by atoms with Crippen LogP contribution in [0.4, 0.5) is 0 Å². The average Bonchev–Trinajstić information content (AvgIpc) is 3.90. The van der Waals surface area contributed by atoms with E-state index < -0.39 is 0 Å². The van der Waals surface area contributed by atoms with E-state index in [1.807, 2.05) is 6.08 Å². The molecule has 57 heavy (non-hydrogen) atoms. The maximum atomic E-state index is 7.03. The summed E-state index contributed by atoms with van der Waals surface area (Å²) >= 11 is 0. The van der Waals surface area contributed by atoms with Gasteiger partial charge in [0.25, 0.3) is 0 Å². The molecule has 1 fully saturated rings. The quantitative estimate of drug-likeness (QED) is 0.120. The fourth-order valence-corrected chi connectivity index (χ4v) is 8.86. The molecule has 2 aromatic heterocycles. The first-order chi connectivity index (χ1) is 27.9. The van der Waals surface area contributed by atoms with Gasteiger partial charge in [-0.15, -0.1) is 0 Å². The monoisotopic (exact) mass is 740 g/mol. The van der Waals surface area contributed by atoms with Gasteiger partial charge in [-0.25, -0.2) is 0 Å². The molecule has 9 aromatic rings. The first kappa shape index (κ1) is 34.8. The molecule has 0 amide bonds. The topological polar surface area (TPSA) is 62.0 Å². The molecule has 3 heterocycles. The van der Waals surface area contributed by atoms with Gasteiger partial charge >= 0.3 is 0 Å². The maximum absolute atomic E-state index is 7.03. The molecule has 0 bridgehead atoms. The van der Waals surface area contributed by atoms with Crippen molar-refractivity contribution in [3.05, 3.63) is 210 Å². The summed E-state index contributed by atoms with van der Waals surface area (Å²) in [6, 6.07) is 62.7. The van der Waals surface area contributed by atoms with Crippen LogP contribution in [-0.4, -0.2) is 26.9 Å². The van der Waals surface area contributed by atoms with Crippen molar-refractivity contribution in [3.63, 3.8) is 0 Å². The molecule has 3 unspecified atom stereocenters. The Morgan fingerprint density at radius 2 is 1.14 bits per heavy atom. The fourth-order valence-electron chi connectivity index (χ4n) is 8.86. The minimum absolute atomic E-state index is 0.0100. The Kier molecular flexibility index (Phi) is 8.60. The average molecular weight is 741 g/mol. The van der Waals surface area contributed by atoms with Crippen molar-refractivity contribution in [2.75, 3.05) is 7.05 Å². The van der Waals surface area contributed by atoms with Crippen LogP contribution in [0.5, 0.6) is 0 Å². The number of nitrogens with one attached hydrogen (secondary N) is 1. The van der Waals surface area contributed by atoms with Gasteiger partial charge in [0, 0.05) is 38.4 Å². The molecule has 6 nitrogen and oxygen atoms in total. The summed E-state index contributed by atoms with van der Waals surface area (Å²) in [6.45, 7) is 2.92. The summed E-state index contributed by atoms with van der Waals surface area (Å²) in [5, 5.41) is 8.66. The molecular weight excluding hydrogens is 697 g/mol. The molecule has 6 heteroatoms. The summed E-state index contributed by atoms with van der Waals surface area (Å²) in [5.74, 6) is 0.655. The molecule has 3 N–H and O–H groups in total. The normalized spacial score (nSPS) is 19.0. The van der Waals surface area contributed by atoms with Gasteiger partial charge in [0.15, 0.2) is 6.17 Å². The van der Waals surface area contributed by atoms with E-state index in [0.717, 1.165) is 28.8 Å². The molecule has 7 aromatic carbocycles. The highest BCUT2D eigenvalue weighted by Crippen LogP contribution is 2.41. The third-order valence-electron chi connectivity index (χ3n) is 11.6. The number of hydrogen-bond acceptors (Lipinski definition) is 2. The van der Waals surface area contributed by atoms with Crippen molar-refractivity contribution in [1.29, 1.82) is 0 Å². The van der Waals surface area contributed by atoms with E-state index >= 15 is 0 Å². The number of rotatable bonds is 8. The third-order valence-corrected chi connectivity index (χ3v) is 11.6. The van der Waals surface area contributed by atoms with Crippen molar-refractivity contribution in [2.24, 2.45) is 5.73 Å². The van der Waals surface area contributed by atoms with Gasteiger partial charge in [-0.1, -0.05) is 139 Å². The molecule has 1 aliphatic heterocycles. The second-order valence-electron chi connectivity index (χ2n) is 15.4. The standard InChI is InChI=1S/C51H44N6/c1-35(50-53-51(37-18-8-4-9-19-37)57(2,54-50)34-36-16-6-3-7-17-36)26-31-49(52)56-46-25-15-13-23-42(46)44-33-39(28-30-48(44)56)38-27-29-47-43(32-38)41-22-12-14-24-45(41)55(47)40-20-10-5-11-21-40/h3-33,50-51,53H,34,52H2,1-2H3/b35-26+,49-31+. The summed E-state index contributed by atoms with van der Waals surface area (Å²) < 4.78 is 5.04. The van der Waals surface area contributed by atoms with Gasteiger partial charge < -0.3 is 20.3 Å². The number of allylic oxidation sites excluding steroid dienone is 2.